The van der Waals surface area contributed by atoms with E-state index in [2.05, 4.69) is 22.4 Å². The van der Waals surface area contributed by atoms with Gasteiger partial charge in [0.05, 0.1) is 16.6 Å². The molecule has 1 aliphatic rings. The Bertz CT molecular complexity index is 663. The first-order valence-electron chi connectivity index (χ1n) is 7.06. The minimum Gasteiger partial charge on any atom is -0.399 e. The number of nitrogen functional groups attached to an aromatic ring is 1. The molecule has 2 aromatic rings. The van der Waals surface area contributed by atoms with Crippen molar-refractivity contribution in [1.29, 1.82) is 0 Å². The minimum atomic E-state index is 0.343. The van der Waals surface area contributed by atoms with Gasteiger partial charge < -0.3 is 5.73 Å². The molecular formula is C14H17Cl2N5. The summed E-state index contributed by atoms with van der Waals surface area (Å²) >= 11 is 12.4. The first-order chi connectivity index (χ1) is 10.0. The molecule has 1 fully saturated rings. The monoisotopic (exact) mass is 325 g/mol. The molecule has 0 amide bonds. The van der Waals surface area contributed by atoms with Crippen LogP contribution in [0.3, 0.4) is 0 Å². The van der Waals surface area contributed by atoms with Gasteiger partial charge in [0.1, 0.15) is 0 Å². The fourth-order valence-corrected chi connectivity index (χ4v) is 3.21. The van der Waals surface area contributed by atoms with Crippen LogP contribution >= 0.6 is 23.2 Å². The van der Waals surface area contributed by atoms with E-state index in [1.165, 1.54) is 25.7 Å². The van der Waals surface area contributed by atoms with Crippen molar-refractivity contribution in [1.82, 2.24) is 20.2 Å². The molecule has 1 aromatic carbocycles. The lowest BCUT2D eigenvalue weighted by Gasteiger charge is -2.15. The van der Waals surface area contributed by atoms with Gasteiger partial charge in [-0.2, -0.15) is 0 Å². The average Bonchev–Trinajstić information content (AvgIpc) is 3.03. The third-order valence-electron chi connectivity index (χ3n) is 4.05. The molecule has 0 saturated heterocycles. The molecule has 1 heterocycles. The van der Waals surface area contributed by atoms with Crippen molar-refractivity contribution in [3.63, 3.8) is 0 Å². The third-order valence-corrected chi connectivity index (χ3v) is 4.85. The zero-order chi connectivity index (χ0) is 15.0. The number of nitrogens with two attached hydrogens (primary N) is 1. The summed E-state index contributed by atoms with van der Waals surface area (Å²) in [4.78, 5) is 0. The van der Waals surface area contributed by atoms with Crippen molar-refractivity contribution >= 4 is 28.9 Å². The summed E-state index contributed by atoms with van der Waals surface area (Å²) in [6, 6.07) is 3.39. The van der Waals surface area contributed by atoms with Crippen LogP contribution in [-0.2, 0) is 6.54 Å². The number of tetrazole rings is 1. The Morgan fingerprint density at radius 3 is 2.76 bits per heavy atom. The highest BCUT2D eigenvalue weighted by Gasteiger charge is 2.42. The maximum Gasteiger partial charge on any atom is 0.183 e. The van der Waals surface area contributed by atoms with Gasteiger partial charge in [0.25, 0.3) is 0 Å². The second-order valence-electron chi connectivity index (χ2n) is 5.77. The van der Waals surface area contributed by atoms with Crippen LogP contribution in [0.4, 0.5) is 5.69 Å². The van der Waals surface area contributed by atoms with Crippen molar-refractivity contribution in [3.8, 4) is 11.4 Å². The number of benzene rings is 1. The van der Waals surface area contributed by atoms with E-state index in [4.69, 9.17) is 28.9 Å². The van der Waals surface area contributed by atoms with E-state index >= 15 is 0 Å². The van der Waals surface area contributed by atoms with Crippen LogP contribution in [0.25, 0.3) is 11.4 Å². The van der Waals surface area contributed by atoms with E-state index in [-0.39, 0.29) is 0 Å². The molecule has 0 atom stereocenters. The fourth-order valence-electron chi connectivity index (χ4n) is 2.79. The van der Waals surface area contributed by atoms with Gasteiger partial charge in [0.2, 0.25) is 0 Å². The predicted octanol–water partition coefficient (Wildman–Crippen LogP) is 3.81. The lowest BCUT2D eigenvalue weighted by molar-refractivity contribution is 0.365. The van der Waals surface area contributed by atoms with Gasteiger partial charge >= 0.3 is 0 Å². The molecule has 0 radical (unpaired) electrons. The molecule has 21 heavy (non-hydrogen) atoms. The smallest absolute Gasteiger partial charge is 0.183 e. The molecule has 5 nitrogen and oxygen atoms in total. The summed E-state index contributed by atoms with van der Waals surface area (Å²) < 4.78 is 1.82. The van der Waals surface area contributed by atoms with Crippen LogP contribution in [0, 0.1) is 5.41 Å². The number of aromatic nitrogens is 4. The molecule has 1 aliphatic carbocycles. The highest BCUT2D eigenvalue weighted by molar-refractivity contribution is 6.43. The molecule has 2 N–H and O–H groups in total. The summed E-state index contributed by atoms with van der Waals surface area (Å²) in [6.07, 6.45) is 4.82. The van der Waals surface area contributed by atoms with Gasteiger partial charge in [-0.05, 0) is 47.2 Å². The Hall–Kier alpha value is -1.33. The molecule has 1 saturated carbocycles. The van der Waals surface area contributed by atoms with Gasteiger partial charge in [-0.3, -0.25) is 0 Å². The van der Waals surface area contributed by atoms with Crippen molar-refractivity contribution in [2.45, 2.75) is 39.2 Å². The Morgan fingerprint density at radius 2 is 2.10 bits per heavy atom. The second-order valence-corrected chi connectivity index (χ2v) is 6.56. The summed E-state index contributed by atoms with van der Waals surface area (Å²) in [5.74, 6) is 0.622. The number of halogens is 2. The quantitative estimate of drug-likeness (QED) is 0.848. The molecule has 112 valence electrons. The highest BCUT2D eigenvalue weighted by Crippen LogP contribution is 2.51. The van der Waals surface area contributed by atoms with Gasteiger partial charge in [-0.1, -0.05) is 36.5 Å². The Labute approximate surface area is 133 Å². The van der Waals surface area contributed by atoms with E-state index in [1.807, 2.05) is 4.68 Å². The minimum absolute atomic E-state index is 0.343. The van der Waals surface area contributed by atoms with E-state index in [0.717, 1.165) is 6.54 Å². The Balaban J connectivity index is 1.96. The fraction of sp³-hybridized carbons (Fsp3) is 0.500. The van der Waals surface area contributed by atoms with Crippen molar-refractivity contribution in [2.75, 3.05) is 5.73 Å². The van der Waals surface area contributed by atoms with Gasteiger partial charge in [0.15, 0.2) is 5.82 Å². The van der Waals surface area contributed by atoms with Crippen LogP contribution in [0.2, 0.25) is 10.0 Å². The van der Waals surface area contributed by atoms with E-state index in [0.29, 0.717) is 32.5 Å². The molecular weight excluding hydrogens is 309 g/mol. The summed E-state index contributed by atoms with van der Waals surface area (Å²) in [5.41, 5.74) is 7.42. The first-order valence-corrected chi connectivity index (χ1v) is 7.81. The Morgan fingerprint density at radius 1 is 1.33 bits per heavy atom. The van der Waals surface area contributed by atoms with Crippen LogP contribution in [0.5, 0.6) is 0 Å². The molecule has 0 unspecified atom stereocenters. The summed E-state index contributed by atoms with van der Waals surface area (Å²) in [5, 5.41) is 12.9. The maximum atomic E-state index is 6.28. The second kappa shape index (κ2) is 5.46. The zero-order valence-corrected chi connectivity index (χ0v) is 13.3. The van der Waals surface area contributed by atoms with Gasteiger partial charge in [0, 0.05) is 11.3 Å². The van der Waals surface area contributed by atoms with Crippen LogP contribution in [0.1, 0.15) is 32.6 Å². The molecule has 1 aromatic heterocycles. The largest absolute Gasteiger partial charge is 0.399 e. The number of hydrogen-bond donors (Lipinski definition) is 1. The highest BCUT2D eigenvalue weighted by atomic mass is 35.5. The average molecular weight is 326 g/mol. The third kappa shape index (κ3) is 2.85. The van der Waals surface area contributed by atoms with Crippen LogP contribution < -0.4 is 5.73 Å². The van der Waals surface area contributed by atoms with E-state index in [1.54, 1.807) is 12.1 Å². The molecule has 0 aliphatic heterocycles. The van der Waals surface area contributed by atoms with Crippen LogP contribution in [-0.4, -0.2) is 20.2 Å². The standard InChI is InChI=1S/C14H17Cl2N5/c1-2-3-14(4-5-14)8-21-13(18-19-20-21)10-6-9(17)7-11(15)12(10)16/h6-7H,2-5,8,17H2,1H3. The number of hydrogen-bond acceptors (Lipinski definition) is 4. The molecule has 3 rings (SSSR count). The molecule has 7 heteroatoms. The van der Waals surface area contributed by atoms with Crippen molar-refractivity contribution in [2.24, 2.45) is 5.41 Å². The SMILES string of the molecule is CCCC1(Cn2nnnc2-c2cc(N)cc(Cl)c2Cl)CC1. The number of rotatable bonds is 5. The molecule has 0 bridgehead atoms. The topological polar surface area (TPSA) is 69.6 Å². The molecule has 0 spiro atoms. The maximum absolute atomic E-state index is 6.28. The predicted molar refractivity (Wildman–Crippen MR) is 84.3 cm³/mol. The van der Waals surface area contributed by atoms with Crippen LogP contribution in [0.15, 0.2) is 12.1 Å². The summed E-state index contributed by atoms with van der Waals surface area (Å²) in [6.45, 7) is 3.01. The van der Waals surface area contributed by atoms with Gasteiger partial charge in [-0.15, -0.1) is 5.10 Å². The van der Waals surface area contributed by atoms with Crippen molar-refractivity contribution < 1.29 is 0 Å². The normalized spacial score (nSPS) is 16.1. The Kier molecular flexibility index (Phi) is 3.80. The number of nitrogens with zero attached hydrogens (tertiary/aromatic N) is 4. The van der Waals surface area contributed by atoms with Crippen molar-refractivity contribution in [3.05, 3.63) is 22.2 Å². The summed E-state index contributed by atoms with van der Waals surface area (Å²) in [7, 11) is 0. The number of anilines is 1. The van der Waals surface area contributed by atoms with Gasteiger partial charge in [-0.25, -0.2) is 4.68 Å². The van der Waals surface area contributed by atoms with E-state index < -0.39 is 0 Å². The zero-order valence-electron chi connectivity index (χ0n) is 11.8. The first kappa shape index (κ1) is 14.6. The lowest BCUT2D eigenvalue weighted by atomic mass is 10.0. The van der Waals surface area contributed by atoms with E-state index in [9.17, 15) is 0 Å². The lowest BCUT2D eigenvalue weighted by Crippen LogP contribution is -2.14.